The zero-order chi connectivity index (χ0) is 14.9. The van der Waals surface area contributed by atoms with Crippen molar-refractivity contribution in [3.63, 3.8) is 0 Å². The Morgan fingerprint density at radius 1 is 1.30 bits per heavy atom. The molecule has 20 heavy (non-hydrogen) atoms. The maximum Gasteiger partial charge on any atom is 0.308 e. The fourth-order valence-electron chi connectivity index (χ4n) is 3.09. The van der Waals surface area contributed by atoms with E-state index in [1.165, 1.54) is 0 Å². The van der Waals surface area contributed by atoms with Crippen LogP contribution >= 0.6 is 0 Å². The first-order valence-corrected chi connectivity index (χ1v) is 7.23. The molecule has 1 N–H and O–H groups in total. The fourth-order valence-corrected chi connectivity index (χ4v) is 3.09. The maximum absolute atomic E-state index is 12.6. The predicted molar refractivity (Wildman–Crippen MR) is 71.9 cm³/mol. The Balaban J connectivity index is 2.08. The lowest BCUT2D eigenvalue weighted by atomic mass is 10.0. The van der Waals surface area contributed by atoms with E-state index >= 15 is 0 Å². The summed E-state index contributed by atoms with van der Waals surface area (Å²) in [4.78, 5) is 38.8. The number of hydrogen-bond donors (Lipinski definition) is 1. The normalized spacial score (nSPS) is 24.6. The van der Waals surface area contributed by atoms with Gasteiger partial charge in [-0.2, -0.15) is 0 Å². The van der Waals surface area contributed by atoms with Crippen LogP contribution in [0.25, 0.3) is 0 Å². The molecule has 2 rings (SSSR count). The zero-order valence-corrected chi connectivity index (χ0v) is 12.0. The van der Waals surface area contributed by atoms with E-state index in [0.29, 0.717) is 25.9 Å². The van der Waals surface area contributed by atoms with Crippen LogP contribution in [0.4, 0.5) is 0 Å². The molecular formula is C14H22N2O4. The quantitative estimate of drug-likeness (QED) is 0.817. The van der Waals surface area contributed by atoms with Crippen molar-refractivity contribution in [1.82, 2.24) is 9.80 Å². The Hall–Kier alpha value is -1.59. The van der Waals surface area contributed by atoms with Crippen molar-refractivity contribution < 1.29 is 19.5 Å². The molecule has 0 spiro atoms. The maximum atomic E-state index is 12.6. The molecule has 2 fully saturated rings. The van der Waals surface area contributed by atoms with Crippen molar-refractivity contribution in [2.75, 3.05) is 19.6 Å². The van der Waals surface area contributed by atoms with Crippen molar-refractivity contribution in [3.8, 4) is 0 Å². The monoisotopic (exact) mass is 282 g/mol. The summed E-state index contributed by atoms with van der Waals surface area (Å²) in [5, 5.41) is 9.01. The van der Waals surface area contributed by atoms with Crippen molar-refractivity contribution >= 4 is 17.8 Å². The SMILES string of the molecule is CC(C)[C@H](C(=O)N1CC[C@H](C(=O)O)C1)N1CCCC1=O. The van der Waals surface area contributed by atoms with Gasteiger partial charge in [-0.3, -0.25) is 14.4 Å². The lowest BCUT2D eigenvalue weighted by molar-refractivity contribution is -0.145. The van der Waals surface area contributed by atoms with Crippen LogP contribution in [-0.2, 0) is 14.4 Å². The third-order valence-corrected chi connectivity index (χ3v) is 4.18. The largest absolute Gasteiger partial charge is 0.481 e. The van der Waals surface area contributed by atoms with Gasteiger partial charge in [0.05, 0.1) is 5.92 Å². The Morgan fingerprint density at radius 2 is 2.00 bits per heavy atom. The van der Waals surface area contributed by atoms with Crippen LogP contribution < -0.4 is 0 Å². The average Bonchev–Trinajstić information content (AvgIpc) is 2.98. The molecule has 0 aromatic heterocycles. The highest BCUT2D eigenvalue weighted by Crippen LogP contribution is 2.24. The molecule has 0 aromatic rings. The van der Waals surface area contributed by atoms with Gasteiger partial charge < -0.3 is 14.9 Å². The van der Waals surface area contributed by atoms with Gasteiger partial charge in [0.15, 0.2) is 0 Å². The number of carbonyl (C=O) groups is 3. The molecule has 2 aliphatic heterocycles. The van der Waals surface area contributed by atoms with Crippen molar-refractivity contribution in [1.29, 1.82) is 0 Å². The lowest BCUT2D eigenvalue weighted by Crippen LogP contribution is -2.51. The van der Waals surface area contributed by atoms with E-state index in [1.54, 1.807) is 9.80 Å². The second kappa shape index (κ2) is 5.81. The molecule has 0 radical (unpaired) electrons. The number of rotatable bonds is 4. The molecule has 0 unspecified atom stereocenters. The molecule has 2 heterocycles. The van der Waals surface area contributed by atoms with Gasteiger partial charge in [-0.05, 0) is 18.8 Å². The Bertz CT molecular complexity index is 421. The number of carboxylic acids is 1. The third-order valence-electron chi connectivity index (χ3n) is 4.18. The standard InChI is InChI=1S/C14H22N2O4/c1-9(2)12(16-6-3-4-11(16)17)13(18)15-7-5-10(8-15)14(19)20/h9-10,12H,3-8H2,1-2H3,(H,19,20)/t10-,12+/m0/s1. The van der Waals surface area contributed by atoms with Gasteiger partial charge in [0.25, 0.3) is 0 Å². The summed E-state index contributed by atoms with van der Waals surface area (Å²) >= 11 is 0. The van der Waals surface area contributed by atoms with E-state index in [4.69, 9.17) is 5.11 Å². The highest BCUT2D eigenvalue weighted by Gasteiger charge is 2.40. The highest BCUT2D eigenvalue weighted by atomic mass is 16.4. The number of carbonyl (C=O) groups excluding carboxylic acids is 2. The van der Waals surface area contributed by atoms with E-state index in [-0.39, 0.29) is 24.3 Å². The van der Waals surface area contributed by atoms with E-state index in [1.807, 2.05) is 13.8 Å². The van der Waals surface area contributed by atoms with Crippen molar-refractivity contribution in [3.05, 3.63) is 0 Å². The molecule has 2 atom stereocenters. The number of aliphatic carboxylic acids is 1. The minimum absolute atomic E-state index is 0.0334. The molecule has 2 amide bonds. The van der Waals surface area contributed by atoms with Gasteiger partial charge in [-0.1, -0.05) is 13.8 Å². The summed E-state index contributed by atoms with van der Waals surface area (Å²) in [7, 11) is 0. The van der Waals surface area contributed by atoms with Gasteiger partial charge >= 0.3 is 5.97 Å². The summed E-state index contributed by atoms with van der Waals surface area (Å²) in [5.41, 5.74) is 0. The number of hydrogen-bond acceptors (Lipinski definition) is 3. The van der Waals surface area contributed by atoms with Crippen LogP contribution in [0.5, 0.6) is 0 Å². The minimum atomic E-state index is -0.848. The molecule has 0 bridgehead atoms. The molecule has 2 saturated heterocycles. The smallest absolute Gasteiger partial charge is 0.308 e. The van der Waals surface area contributed by atoms with Crippen LogP contribution in [0.3, 0.4) is 0 Å². The lowest BCUT2D eigenvalue weighted by Gasteiger charge is -2.33. The molecule has 0 saturated carbocycles. The number of nitrogens with zero attached hydrogens (tertiary/aromatic N) is 2. The second-order valence-corrected chi connectivity index (χ2v) is 5.99. The molecule has 6 heteroatoms. The summed E-state index contributed by atoms with van der Waals surface area (Å²) in [5.74, 6) is -1.35. The van der Waals surface area contributed by atoms with Gasteiger partial charge in [-0.15, -0.1) is 0 Å². The molecule has 2 aliphatic rings. The van der Waals surface area contributed by atoms with Crippen LogP contribution in [-0.4, -0.2) is 58.4 Å². The van der Waals surface area contributed by atoms with Crippen molar-refractivity contribution in [2.45, 2.75) is 39.2 Å². The van der Waals surface area contributed by atoms with Gasteiger partial charge in [0.2, 0.25) is 11.8 Å². The Labute approximate surface area is 118 Å². The number of likely N-dealkylation sites (tertiary alicyclic amines) is 2. The van der Waals surface area contributed by atoms with Crippen molar-refractivity contribution in [2.24, 2.45) is 11.8 Å². The summed E-state index contributed by atoms with van der Waals surface area (Å²) in [6, 6.07) is -0.447. The Kier molecular flexibility index (Phi) is 4.30. The van der Waals surface area contributed by atoms with Gasteiger partial charge in [-0.25, -0.2) is 0 Å². The van der Waals surface area contributed by atoms with E-state index in [9.17, 15) is 14.4 Å². The van der Waals surface area contributed by atoms with Crippen LogP contribution in [0.15, 0.2) is 0 Å². The summed E-state index contributed by atoms with van der Waals surface area (Å²) < 4.78 is 0. The molecule has 112 valence electrons. The van der Waals surface area contributed by atoms with E-state index in [2.05, 4.69) is 0 Å². The zero-order valence-electron chi connectivity index (χ0n) is 12.0. The van der Waals surface area contributed by atoms with Crippen LogP contribution in [0, 0.1) is 11.8 Å². The summed E-state index contributed by atoms with van der Waals surface area (Å²) in [6.07, 6.45) is 1.81. The second-order valence-electron chi connectivity index (χ2n) is 5.99. The van der Waals surface area contributed by atoms with Crippen LogP contribution in [0.2, 0.25) is 0 Å². The number of carboxylic acid groups (broad SMARTS) is 1. The third kappa shape index (κ3) is 2.78. The first-order valence-electron chi connectivity index (χ1n) is 7.23. The topological polar surface area (TPSA) is 77.9 Å². The molecule has 0 aromatic carbocycles. The first kappa shape index (κ1) is 14.8. The molecule has 0 aliphatic carbocycles. The molecule has 6 nitrogen and oxygen atoms in total. The average molecular weight is 282 g/mol. The number of amides is 2. The fraction of sp³-hybridized carbons (Fsp3) is 0.786. The van der Waals surface area contributed by atoms with Gasteiger partial charge in [0, 0.05) is 26.1 Å². The summed E-state index contributed by atoms with van der Waals surface area (Å²) in [6.45, 7) is 5.22. The highest BCUT2D eigenvalue weighted by molar-refractivity contribution is 5.89. The van der Waals surface area contributed by atoms with E-state index < -0.39 is 17.9 Å². The predicted octanol–water partition coefficient (Wildman–Crippen LogP) is 0.566. The molecular weight excluding hydrogens is 260 g/mol. The first-order chi connectivity index (χ1) is 9.41. The minimum Gasteiger partial charge on any atom is -0.481 e. The van der Waals surface area contributed by atoms with E-state index in [0.717, 1.165) is 6.42 Å². The van der Waals surface area contributed by atoms with Crippen LogP contribution in [0.1, 0.15) is 33.1 Å². The Morgan fingerprint density at radius 3 is 2.45 bits per heavy atom. The van der Waals surface area contributed by atoms with Gasteiger partial charge in [0.1, 0.15) is 6.04 Å².